The van der Waals surface area contributed by atoms with Crippen LogP contribution in [0.4, 0.5) is 0 Å². The molecule has 0 spiro atoms. The first-order valence-corrected chi connectivity index (χ1v) is 7.19. The van der Waals surface area contributed by atoms with Crippen LogP contribution in [0.5, 0.6) is 0 Å². The van der Waals surface area contributed by atoms with E-state index in [0.717, 1.165) is 31.2 Å². The van der Waals surface area contributed by atoms with Crippen molar-refractivity contribution in [2.75, 3.05) is 0 Å². The third-order valence-corrected chi connectivity index (χ3v) is 4.09. The summed E-state index contributed by atoms with van der Waals surface area (Å²) >= 11 is 0. The quantitative estimate of drug-likeness (QED) is 0.640. The Labute approximate surface area is 120 Å². The Bertz CT molecular complexity index is 449. The van der Waals surface area contributed by atoms with Gasteiger partial charge in [-0.3, -0.25) is 4.79 Å². The maximum atomic E-state index is 11.9. The molecular formula is C17H22O3. The summed E-state index contributed by atoms with van der Waals surface area (Å²) in [6.45, 7) is 3.94. The van der Waals surface area contributed by atoms with E-state index in [1.165, 1.54) is 6.08 Å². The SMILES string of the molecule is C=C[C@@](O)(CC(=O)OCc1ccccc1)C1CCCC1. The number of esters is 1. The number of hydrogen-bond donors (Lipinski definition) is 1. The zero-order valence-electron chi connectivity index (χ0n) is 11.8. The van der Waals surface area contributed by atoms with Crippen LogP contribution in [0.25, 0.3) is 0 Å². The van der Waals surface area contributed by atoms with E-state index < -0.39 is 5.60 Å². The summed E-state index contributed by atoms with van der Waals surface area (Å²) in [4.78, 5) is 11.9. The molecule has 1 atom stereocenters. The van der Waals surface area contributed by atoms with Crippen LogP contribution >= 0.6 is 0 Å². The van der Waals surface area contributed by atoms with Crippen molar-refractivity contribution in [1.29, 1.82) is 0 Å². The van der Waals surface area contributed by atoms with Crippen LogP contribution < -0.4 is 0 Å². The Kier molecular flexibility index (Phi) is 4.96. The number of aliphatic hydroxyl groups is 1. The number of hydrogen-bond acceptors (Lipinski definition) is 3. The summed E-state index contributed by atoms with van der Waals surface area (Å²) in [5, 5.41) is 10.6. The van der Waals surface area contributed by atoms with Gasteiger partial charge in [0.2, 0.25) is 0 Å². The zero-order valence-corrected chi connectivity index (χ0v) is 11.8. The van der Waals surface area contributed by atoms with Crippen molar-refractivity contribution in [3.05, 3.63) is 48.6 Å². The smallest absolute Gasteiger partial charge is 0.309 e. The van der Waals surface area contributed by atoms with Gasteiger partial charge in [0, 0.05) is 0 Å². The van der Waals surface area contributed by atoms with Crippen LogP contribution in [0, 0.1) is 5.92 Å². The van der Waals surface area contributed by atoms with E-state index in [4.69, 9.17) is 4.74 Å². The Hall–Kier alpha value is -1.61. The fraction of sp³-hybridized carbons (Fsp3) is 0.471. The van der Waals surface area contributed by atoms with Crippen LogP contribution in [0.3, 0.4) is 0 Å². The molecule has 0 radical (unpaired) electrons. The molecule has 1 aliphatic rings. The standard InChI is InChI=1S/C17H22O3/c1-2-17(19,15-10-6-7-11-15)12-16(18)20-13-14-8-4-3-5-9-14/h2-5,8-9,15,19H,1,6-7,10-13H2/t17-/m1/s1. The van der Waals surface area contributed by atoms with Gasteiger partial charge in [0.1, 0.15) is 6.61 Å². The average molecular weight is 274 g/mol. The van der Waals surface area contributed by atoms with Crippen molar-refractivity contribution in [2.45, 2.75) is 44.3 Å². The van der Waals surface area contributed by atoms with Crippen molar-refractivity contribution < 1.29 is 14.6 Å². The molecule has 1 saturated carbocycles. The number of rotatable bonds is 6. The van der Waals surface area contributed by atoms with Gasteiger partial charge >= 0.3 is 5.97 Å². The Morgan fingerprint density at radius 1 is 1.35 bits per heavy atom. The Morgan fingerprint density at radius 2 is 2.00 bits per heavy atom. The van der Waals surface area contributed by atoms with Crippen LogP contribution in [0.15, 0.2) is 43.0 Å². The van der Waals surface area contributed by atoms with E-state index in [9.17, 15) is 9.90 Å². The monoisotopic (exact) mass is 274 g/mol. The Morgan fingerprint density at radius 3 is 2.60 bits per heavy atom. The van der Waals surface area contributed by atoms with E-state index in [1.54, 1.807) is 0 Å². The molecule has 0 saturated heterocycles. The van der Waals surface area contributed by atoms with Crippen molar-refractivity contribution in [3.8, 4) is 0 Å². The molecule has 3 nitrogen and oxygen atoms in total. The first kappa shape index (κ1) is 14.8. The van der Waals surface area contributed by atoms with E-state index in [0.29, 0.717) is 0 Å². The topological polar surface area (TPSA) is 46.5 Å². The van der Waals surface area contributed by atoms with E-state index >= 15 is 0 Å². The molecule has 0 heterocycles. The molecule has 108 valence electrons. The molecular weight excluding hydrogens is 252 g/mol. The molecule has 1 fully saturated rings. The first-order chi connectivity index (χ1) is 9.64. The highest BCUT2D eigenvalue weighted by molar-refractivity contribution is 5.71. The van der Waals surface area contributed by atoms with Gasteiger partial charge in [-0.05, 0) is 24.3 Å². The molecule has 20 heavy (non-hydrogen) atoms. The van der Waals surface area contributed by atoms with Crippen molar-refractivity contribution >= 4 is 5.97 Å². The largest absolute Gasteiger partial charge is 0.461 e. The predicted molar refractivity (Wildman–Crippen MR) is 78.0 cm³/mol. The van der Waals surface area contributed by atoms with Gasteiger partial charge in [-0.1, -0.05) is 49.2 Å². The molecule has 0 amide bonds. The van der Waals surface area contributed by atoms with E-state index in [1.807, 2.05) is 30.3 Å². The summed E-state index contributed by atoms with van der Waals surface area (Å²) in [5.41, 5.74) is -0.173. The van der Waals surface area contributed by atoms with E-state index in [2.05, 4.69) is 6.58 Å². The molecule has 0 bridgehead atoms. The second-order valence-corrected chi connectivity index (χ2v) is 5.50. The van der Waals surface area contributed by atoms with Crippen LogP contribution in [0.1, 0.15) is 37.7 Å². The lowest BCUT2D eigenvalue weighted by molar-refractivity contribution is -0.150. The lowest BCUT2D eigenvalue weighted by atomic mass is 9.83. The molecule has 2 rings (SSSR count). The molecule has 0 aromatic heterocycles. The third-order valence-electron chi connectivity index (χ3n) is 4.09. The lowest BCUT2D eigenvalue weighted by Gasteiger charge is -2.29. The van der Waals surface area contributed by atoms with Gasteiger partial charge in [-0.2, -0.15) is 0 Å². The highest BCUT2D eigenvalue weighted by atomic mass is 16.5. The maximum Gasteiger partial charge on any atom is 0.309 e. The molecule has 1 aromatic rings. The fourth-order valence-electron chi connectivity index (χ4n) is 2.83. The Balaban J connectivity index is 1.87. The minimum atomic E-state index is -1.12. The van der Waals surface area contributed by atoms with Gasteiger partial charge in [-0.25, -0.2) is 0 Å². The lowest BCUT2D eigenvalue weighted by Crippen LogP contribution is -2.37. The third kappa shape index (κ3) is 3.70. The predicted octanol–water partition coefficient (Wildman–Crippen LogP) is 3.23. The van der Waals surface area contributed by atoms with Gasteiger partial charge in [0.15, 0.2) is 0 Å². The minimum Gasteiger partial charge on any atom is -0.461 e. The van der Waals surface area contributed by atoms with Gasteiger partial charge in [0.05, 0.1) is 12.0 Å². The zero-order chi connectivity index (χ0) is 14.4. The number of carbonyl (C=O) groups is 1. The number of carbonyl (C=O) groups excluding carboxylic acids is 1. The summed E-state index contributed by atoms with van der Waals surface area (Å²) in [6, 6.07) is 9.54. The molecule has 3 heteroatoms. The molecule has 1 N–H and O–H groups in total. The normalized spacial score (nSPS) is 18.4. The molecule has 1 aromatic carbocycles. The van der Waals surface area contributed by atoms with Gasteiger partial charge in [0.25, 0.3) is 0 Å². The molecule has 0 unspecified atom stereocenters. The maximum absolute atomic E-state index is 11.9. The number of ether oxygens (including phenoxy) is 1. The van der Waals surface area contributed by atoms with Crippen molar-refractivity contribution in [3.63, 3.8) is 0 Å². The second-order valence-electron chi connectivity index (χ2n) is 5.50. The summed E-state index contributed by atoms with van der Waals surface area (Å²) in [7, 11) is 0. The molecule has 0 aliphatic heterocycles. The summed E-state index contributed by atoms with van der Waals surface area (Å²) in [6.07, 6.45) is 5.63. The van der Waals surface area contributed by atoms with Gasteiger partial charge < -0.3 is 9.84 Å². The summed E-state index contributed by atoms with van der Waals surface area (Å²) in [5.74, 6) is -0.243. The minimum absolute atomic E-state index is 0.00595. The second kappa shape index (κ2) is 6.71. The highest BCUT2D eigenvalue weighted by Crippen LogP contribution is 2.37. The fourth-order valence-corrected chi connectivity index (χ4v) is 2.83. The van der Waals surface area contributed by atoms with E-state index in [-0.39, 0.29) is 24.9 Å². The van der Waals surface area contributed by atoms with Crippen molar-refractivity contribution in [2.24, 2.45) is 5.92 Å². The number of benzene rings is 1. The van der Waals surface area contributed by atoms with Gasteiger partial charge in [-0.15, -0.1) is 6.58 Å². The first-order valence-electron chi connectivity index (χ1n) is 7.19. The van der Waals surface area contributed by atoms with Crippen LogP contribution in [0.2, 0.25) is 0 Å². The van der Waals surface area contributed by atoms with Crippen LogP contribution in [-0.4, -0.2) is 16.7 Å². The van der Waals surface area contributed by atoms with Crippen molar-refractivity contribution in [1.82, 2.24) is 0 Å². The average Bonchev–Trinajstić information content (AvgIpc) is 3.01. The summed E-state index contributed by atoms with van der Waals surface area (Å²) < 4.78 is 5.24. The highest BCUT2D eigenvalue weighted by Gasteiger charge is 2.38. The molecule has 1 aliphatic carbocycles. The van der Waals surface area contributed by atoms with Crippen LogP contribution in [-0.2, 0) is 16.1 Å².